The van der Waals surface area contributed by atoms with Crippen molar-refractivity contribution in [3.05, 3.63) is 42.5 Å². The molecule has 13 heavy (non-hydrogen) atoms. The molecule has 0 fully saturated rings. The Bertz CT molecular complexity index is 292. The second-order valence-electron chi connectivity index (χ2n) is 2.68. The third-order valence-corrected chi connectivity index (χ3v) is 1.69. The van der Waals surface area contributed by atoms with Crippen molar-refractivity contribution in [2.75, 3.05) is 0 Å². The molecule has 0 amide bonds. The standard InChI is InChI=1S/C9H9N2O2/c1(2-8-4-6-12-10-8)3-9-5-7-13-11-9/h1,4-7H,2-3H2. The summed E-state index contributed by atoms with van der Waals surface area (Å²) >= 11 is 0. The first kappa shape index (κ1) is 8.04. The van der Waals surface area contributed by atoms with Crippen molar-refractivity contribution in [1.82, 2.24) is 10.3 Å². The summed E-state index contributed by atoms with van der Waals surface area (Å²) in [5.74, 6) is 0. The van der Waals surface area contributed by atoms with Crippen molar-refractivity contribution in [1.29, 1.82) is 0 Å². The number of aromatic nitrogens is 2. The minimum absolute atomic E-state index is 0.795. The van der Waals surface area contributed by atoms with Crippen molar-refractivity contribution >= 4 is 0 Å². The number of hydrogen-bond donors (Lipinski definition) is 0. The SMILES string of the molecule is [CH](Cc1ccon1)Cc1ccon1. The van der Waals surface area contributed by atoms with Gasteiger partial charge in [-0.1, -0.05) is 10.3 Å². The van der Waals surface area contributed by atoms with E-state index in [1.54, 1.807) is 12.5 Å². The molecule has 0 aliphatic rings. The van der Waals surface area contributed by atoms with Gasteiger partial charge in [-0.05, 0) is 19.3 Å². The number of hydrogen-bond acceptors (Lipinski definition) is 4. The molecule has 2 aromatic rings. The van der Waals surface area contributed by atoms with Gasteiger partial charge in [-0.15, -0.1) is 0 Å². The fourth-order valence-electron chi connectivity index (χ4n) is 1.05. The summed E-state index contributed by atoms with van der Waals surface area (Å²) in [5.41, 5.74) is 1.87. The first-order chi connectivity index (χ1) is 6.45. The Labute approximate surface area is 75.5 Å². The maximum atomic E-state index is 4.70. The van der Waals surface area contributed by atoms with Crippen LogP contribution >= 0.6 is 0 Å². The summed E-state index contributed by atoms with van der Waals surface area (Å²) in [6.07, 6.45) is 6.81. The van der Waals surface area contributed by atoms with Gasteiger partial charge >= 0.3 is 0 Å². The van der Waals surface area contributed by atoms with Crippen LogP contribution in [0.25, 0.3) is 0 Å². The van der Waals surface area contributed by atoms with E-state index < -0.39 is 0 Å². The van der Waals surface area contributed by atoms with Crippen molar-refractivity contribution in [3.8, 4) is 0 Å². The van der Waals surface area contributed by atoms with E-state index in [-0.39, 0.29) is 0 Å². The van der Waals surface area contributed by atoms with Crippen molar-refractivity contribution in [2.45, 2.75) is 12.8 Å². The maximum Gasteiger partial charge on any atom is 0.124 e. The molecule has 67 valence electrons. The zero-order valence-electron chi connectivity index (χ0n) is 7.01. The van der Waals surface area contributed by atoms with Gasteiger partial charge in [0.1, 0.15) is 12.5 Å². The number of rotatable bonds is 4. The van der Waals surface area contributed by atoms with Gasteiger partial charge < -0.3 is 9.05 Å². The van der Waals surface area contributed by atoms with Crippen LogP contribution in [0.4, 0.5) is 0 Å². The summed E-state index contributed by atoms with van der Waals surface area (Å²) in [6, 6.07) is 3.69. The molecular weight excluding hydrogens is 168 g/mol. The van der Waals surface area contributed by atoms with Gasteiger partial charge in [-0.3, -0.25) is 0 Å². The molecule has 2 aromatic heterocycles. The van der Waals surface area contributed by atoms with Crippen LogP contribution in [0.3, 0.4) is 0 Å². The van der Waals surface area contributed by atoms with Gasteiger partial charge in [0.05, 0.1) is 11.4 Å². The average molecular weight is 177 g/mol. The Morgan fingerprint density at radius 3 is 1.92 bits per heavy atom. The maximum absolute atomic E-state index is 4.70. The van der Waals surface area contributed by atoms with E-state index in [2.05, 4.69) is 16.7 Å². The van der Waals surface area contributed by atoms with E-state index in [9.17, 15) is 0 Å². The summed E-state index contributed by atoms with van der Waals surface area (Å²) in [5, 5.41) is 7.57. The molecular formula is C9H9N2O2. The van der Waals surface area contributed by atoms with E-state index >= 15 is 0 Å². The van der Waals surface area contributed by atoms with Gasteiger partial charge in [0, 0.05) is 12.1 Å². The van der Waals surface area contributed by atoms with Gasteiger partial charge in [0.15, 0.2) is 0 Å². The normalized spacial score (nSPS) is 10.5. The Kier molecular flexibility index (Phi) is 2.40. The lowest BCUT2D eigenvalue weighted by atomic mass is 10.1. The van der Waals surface area contributed by atoms with Crippen molar-refractivity contribution < 1.29 is 9.05 Å². The van der Waals surface area contributed by atoms with Crippen LogP contribution in [-0.2, 0) is 12.8 Å². The highest BCUT2D eigenvalue weighted by Gasteiger charge is 1.99. The number of nitrogens with zero attached hydrogens (tertiary/aromatic N) is 2. The Morgan fingerprint density at radius 2 is 1.54 bits per heavy atom. The molecule has 2 heterocycles. The smallest absolute Gasteiger partial charge is 0.124 e. The molecule has 0 saturated heterocycles. The van der Waals surface area contributed by atoms with E-state index in [1.807, 2.05) is 12.1 Å². The molecule has 4 heteroatoms. The molecule has 2 rings (SSSR count). The molecule has 0 unspecified atom stereocenters. The Morgan fingerprint density at radius 1 is 1.00 bits per heavy atom. The molecule has 0 saturated carbocycles. The quantitative estimate of drug-likeness (QED) is 0.712. The predicted octanol–water partition coefficient (Wildman–Crippen LogP) is 1.65. The molecule has 0 atom stereocenters. The van der Waals surface area contributed by atoms with Crippen LogP contribution < -0.4 is 0 Å². The predicted molar refractivity (Wildman–Crippen MR) is 44.7 cm³/mol. The highest BCUT2D eigenvalue weighted by molar-refractivity contribution is 5.04. The molecule has 0 bridgehead atoms. The first-order valence-electron chi connectivity index (χ1n) is 4.05. The molecule has 1 radical (unpaired) electrons. The third kappa shape index (κ3) is 2.18. The monoisotopic (exact) mass is 177 g/mol. The summed E-state index contributed by atoms with van der Waals surface area (Å²) in [6.45, 7) is 0. The lowest BCUT2D eigenvalue weighted by Crippen LogP contribution is -1.90. The Hall–Kier alpha value is -1.58. The summed E-state index contributed by atoms with van der Waals surface area (Å²) in [4.78, 5) is 0. The topological polar surface area (TPSA) is 52.1 Å². The van der Waals surface area contributed by atoms with Crippen LogP contribution in [0.2, 0.25) is 0 Å². The minimum atomic E-state index is 0.795. The van der Waals surface area contributed by atoms with E-state index in [0.29, 0.717) is 0 Å². The first-order valence-corrected chi connectivity index (χ1v) is 4.05. The lowest BCUT2D eigenvalue weighted by Gasteiger charge is -1.92. The second-order valence-corrected chi connectivity index (χ2v) is 2.68. The third-order valence-electron chi connectivity index (χ3n) is 1.69. The molecule has 0 spiro atoms. The minimum Gasteiger partial charge on any atom is -0.365 e. The van der Waals surface area contributed by atoms with Gasteiger partial charge in [0.25, 0.3) is 0 Å². The van der Waals surface area contributed by atoms with Gasteiger partial charge in [0.2, 0.25) is 0 Å². The van der Waals surface area contributed by atoms with Crippen LogP contribution in [-0.4, -0.2) is 10.3 Å². The zero-order valence-corrected chi connectivity index (χ0v) is 7.01. The van der Waals surface area contributed by atoms with E-state index in [4.69, 9.17) is 9.05 Å². The van der Waals surface area contributed by atoms with Crippen LogP contribution in [0.15, 0.2) is 33.7 Å². The molecule has 4 nitrogen and oxygen atoms in total. The molecule has 0 N–H and O–H groups in total. The lowest BCUT2D eigenvalue weighted by molar-refractivity contribution is 0.410. The fourth-order valence-corrected chi connectivity index (χ4v) is 1.05. The summed E-state index contributed by atoms with van der Waals surface area (Å²) < 4.78 is 9.40. The zero-order chi connectivity index (χ0) is 8.93. The Balaban J connectivity index is 1.76. The van der Waals surface area contributed by atoms with Gasteiger partial charge in [-0.25, -0.2) is 0 Å². The fraction of sp³-hybridized carbons (Fsp3) is 0.222. The van der Waals surface area contributed by atoms with Crippen LogP contribution in [0.5, 0.6) is 0 Å². The highest BCUT2D eigenvalue weighted by atomic mass is 16.5. The second kappa shape index (κ2) is 3.89. The van der Waals surface area contributed by atoms with Crippen LogP contribution in [0, 0.1) is 6.42 Å². The van der Waals surface area contributed by atoms with E-state index in [1.165, 1.54) is 0 Å². The average Bonchev–Trinajstić information content (AvgIpc) is 2.75. The summed E-state index contributed by atoms with van der Waals surface area (Å²) in [7, 11) is 0. The van der Waals surface area contributed by atoms with Gasteiger partial charge in [-0.2, -0.15) is 0 Å². The highest BCUT2D eigenvalue weighted by Crippen LogP contribution is 2.03. The van der Waals surface area contributed by atoms with Crippen molar-refractivity contribution in [3.63, 3.8) is 0 Å². The largest absolute Gasteiger partial charge is 0.365 e. The molecule has 0 aromatic carbocycles. The van der Waals surface area contributed by atoms with Crippen molar-refractivity contribution in [2.24, 2.45) is 0 Å². The molecule has 0 aliphatic carbocycles. The van der Waals surface area contributed by atoms with Crippen LogP contribution in [0.1, 0.15) is 11.4 Å². The molecule has 0 aliphatic heterocycles. The van der Waals surface area contributed by atoms with E-state index in [0.717, 1.165) is 24.2 Å².